The van der Waals surface area contributed by atoms with Gasteiger partial charge in [-0.15, -0.1) is 0 Å². The smallest absolute Gasteiger partial charge is 0.230 e. The standard InChI is InChI=1S/C10H14N4O/c15-10(14-6-4-11-5-7-14)8-9-12-2-1-3-13-9/h1-3,11H,4-8H2. The van der Waals surface area contributed by atoms with Gasteiger partial charge in [-0.1, -0.05) is 0 Å². The second kappa shape index (κ2) is 4.84. The van der Waals surface area contributed by atoms with E-state index in [9.17, 15) is 4.79 Å². The van der Waals surface area contributed by atoms with E-state index in [1.807, 2.05) is 4.90 Å². The largest absolute Gasteiger partial charge is 0.340 e. The van der Waals surface area contributed by atoms with Crippen molar-refractivity contribution in [3.63, 3.8) is 0 Å². The summed E-state index contributed by atoms with van der Waals surface area (Å²) in [6.45, 7) is 3.32. The van der Waals surface area contributed by atoms with Crippen molar-refractivity contribution >= 4 is 5.91 Å². The second-order valence-electron chi connectivity index (χ2n) is 3.47. The molecule has 1 aromatic heterocycles. The lowest BCUT2D eigenvalue weighted by atomic mass is 10.3. The highest BCUT2D eigenvalue weighted by atomic mass is 16.2. The number of hydrogen-bond acceptors (Lipinski definition) is 4. The van der Waals surface area contributed by atoms with Crippen molar-refractivity contribution in [2.45, 2.75) is 6.42 Å². The lowest BCUT2D eigenvalue weighted by molar-refractivity contribution is -0.131. The lowest BCUT2D eigenvalue weighted by Gasteiger charge is -2.27. The van der Waals surface area contributed by atoms with E-state index in [2.05, 4.69) is 15.3 Å². The van der Waals surface area contributed by atoms with Crippen LogP contribution in [0.15, 0.2) is 18.5 Å². The molecule has 1 aliphatic heterocycles. The second-order valence-corrected chi connectivity index (χ2v) is 3.47. The average Bonchev–Trinajstić information content (AvgIpc) is 2.31. The fourth-order valence-electron chi connectivity index (χ4n) is 1.58. The van der Waals surface area contributed by atoms with Gasteiger partial charge in [0, 0.05) is 38.6 Å². The third-order valence-corrected chi connectivity index (χ3v) is 2.40. The van der Waals surface area contributed by atoms with Crippen LogP contribution >= 0.6 is 0 Å². The van der Waals surface area contributed by atoms with Gasteiger partial charge in [0.1, 0.15) is 5.82 Å². The molecular weight excluding hydrogens is 192 g/mol. The van der Waals surface area contributed by atoms with Crippen LogP contribution < -0.4 is 5.32 Å². The molecule has 2 rings (SSSR count). The topological polar surface area (TPSA) is 58.1 Å². The summed E-state index contributed by atoms with van der Waals surface area (Å²) >= 11 is 0. The van der Waals surface area contributed by atoms with Crippen molar-refractivity contribution in [2.24, 2.45) is 0 Å². The molecule has 0 unspecified atom stereocenters. The molecule has 0 saturated carbocycles. The predicted octanol–water partition coefficient (Wildman–Crippen LogP) is -0.549. The Balaban J connectivity index is 1.91. The van der Waals surface area contributed by atoms with Crippen LogP contribution in [-0.4, -0.2) is 47.0 Å². The van der Waals surface area contributed by atoms with Crippen LogP contribution in [-0.2, 0) is 11.2 Å². The molecule has 0 radical (unpaired) electrons. The van der Waals surface area contributed by atoms with Crippen LogP contribution in [0.1, 0.15) is 5.82 Å². The van der Waals surface area contributed by atoms with E-state index < -0.39 is 0 Å². The van der Waals surface area contributed by atoms with Crippen LogP contribution in [0, 0.1) is 0 Å². The SMILES string of the molecule is O=C(Cc1ncccn1)N1CCNCC1. The molecule has 1 fully saturated rings. The first-order valence-electron chi connectivity index (χ1n) is 5.10. The van der Waals surface area contributed by atoms with Crippen molar-refractivity contribution in [2.75, 3.05) is 26.2 Å². The Morgan fingerprint density at radius 2 is 2.00 bits per heavy atom. The first-order chi connectivity index (χ1) is 7.36. The van der Waals surface area contributed by atoms with Gasteiger partial charge in [-0.25, -0.2) is 9.97 Å². The van der Waals surface area contributed by atoms with E-state index in [0.29, 0.717) is 12.2 Å². The molecule has 1 aliphatic rings. The Morgan fingerprint density at radius 3 is 2.67 bits per heavy atom. The number of piperazine rings is 1. The summed E-state index contributed by atoms with van der Waals surface area (Å²) in [5.41, 5.74) is 0. The summed E-state index contributed by atoms with van der Waals surface area (Å²) in [6.07, 6.45) is 3.63. The summed E-state index contributed by atoms with van der Waals surface area (Å²) < 4.78 is 0. The first-order valence-corrected chi connectivity index (χ1v) is 5.10. The highest BCUT2D eigenvalue weighted by molar-refractivity contribution is 5.78. The quantitative estimate of drug-likeness (QED) is 0.705. The van der Waals surface area contributed by atoms with Crippen molar-refractivity contribution in [3.8, 4) is 0 Å². The molecule has 1 amide bonds. The van der Waals surface area contributed by atoms with Gasteiger partial charge in [0.05, 0.1) is 6.42 Å². The molecular formula is C10H14N4O. The normalized spacial score (nSPS) is 16.4. The number of hydrogen-bond donors (Lipinski definition) is 1. The number of rotatable bonds is 2. The third kappa shape index (κ3) is 2.73. The number of carbonyl (C=O) groups is 1. The Bertz CT molecular complexity index is 321. The molecule has 1 N–H and O–H groups in total. The number of aromatic nitrogens is 2. The molecule has 5 nitrogen and oxygen atoms in total. The van der Waals surface area contributed by atoms with E-state index in [4.69, 9.17) is 0 Å². The molecule has 0 spiro atoms. The highest BCUT2D eigenvalue weighted by Crippen LogP contribution is 1.98. The van der Waals surface area contributed by atoms with Gasteiger partial charge in [-0.2, -0.15) is 0 Å². The zero-order chi connectivity index (χ0) is 10.5. The number of nitrogens with zero attached hydrogens (tertiary/aromatic N) is 3. The molecule has 1 saturated heterocycles. The van der Waals surface area contributed by atoms with Crippen LogP contribution in [0.5, 0.6) is 0 Å². The summed E-state index contributed by atoms with van der Waals surface area (Å²) in [5.74, 6) is 0.712. The molecule has 0 aromatic carbocycles. The maximum Gasteiger partial charge on any atom is 0.230 e. The lowest BCUT2D eigenvalue weighted by Crippen LogP contribution is -2.47. The molecule has 15 heavy (non-hydrogen) atoms. The van der Waals surface area contributed by atoms with Crippen LogP contribution in [0.4, 0.5) is 0 Å². The van der Waals surface area contributed by atoms with E-state index in [1.54, 1.807) is 18.5 Å². The minimum absolute atomic E-state index is 0.114. The highest BCUT2D eigenvalue weighted by Gasteiger charge is 2.16. The Hall–Kier alpha value is -1.49. The van der Waals surface area contributed by atoms with Gasteiger partial charge in [0.2, 0.25) is 5.91 Å². The van der Waals surface area contributed by atoms with Crippen molar-refractivity contribution in [1.29, 1.82) is 0 Å². The monoisotopic (exact) mass is 206 g/mol. The molecule has 0 bridgehead atoms. The minimum Gasteiger partial charge on any atom is -0.340 e. The number of nitrogens with one attached hydrogen (secondary N) is 1. The van der Waals surface area contributed by atoms with Crippen molar-refractivity contribution < 1.29 is 4.79 Å². The molecule has 80 valence electrons. The average molecular weight is 206 g/mol. The Morgan fingerprint density at radius 1 is 1.33 bits per heavy atom. The molecule has 0 aliphatic carbocycles. The van der Waals surface area contributed by atoms with Gasteiger partial charge in [-0.05, 0) is 6.07 Å². The van der Waals surface area contributed by atoms with E-state index >= 15 is 0 Å². The zero-order valence-corrected chi connectivity index (χ0v) is 8.52. The fraction of sp³-hybridized carbons (Fsp3) is 0.500. The van der Waals surface area contributed by atoms with Crippen LogP contribution in [0.3, 0.4) is 0 Å². The Kier molecular flexibility index (Phi) is 3.24. The summed E-state index contributed by atoms with van der Waals surface area (Å²) in [6, 6.07) is 1.75. The van der Waals surface area contributed by atoms with E-state index in [-0.39, 0.29) is 5.91 Å². The van der Waals surface area contributed by atoms with Crippen LogP contribution in [0.2, 0.25) is 0 Å². The Labute approximate surface area is 88.5 Å². The summed E-state index contributed by atoms with van der Waals surface area (Å²) in [7, 11) is 0. The summed E-state index contributed by atoms with van der Waals surface area (Å²) in [4.78, 5) is 21.7. The van der Waals surface area contributed by atoms with Gasteiger partial charge in [-0.3, -0.25) is 4.79 Å². The number of amides is 1. The van der Waals surface area contributed by atoms with Gasteiger partial charge < -0.3 is 10.2 Å². The van der Waals surface area contributed by atoms with Crippen molar-refractivity contribution in [1.82, 2.24) is 20.2 Å². The number of carbonyl (C=O) groups excluding carboxylic acids is 1. The van der Waals surface area contributed by atoms with E-state index in [1.165, 1.54) is 0 Å². The fourth-order valence-corrected chi connectivity index (χ4v) is 1.58. The zero-order valence-electron chi connectivity index (χ0n) is 8.52. The molecule has 5 heteroatoms. The third-order valence-electron chi connectivity index (χ3n) is 2.40. The molecule has 1 aromatic rings. The predicted molar refractivity (Wildman–Crippen MR) is 55.2 cm³/mol. The van der Waals surface area contributed by atoms with Crippen LogP contribution in [0.25, 0.3) is 0 Å². The summed E-state index contributed by atoms with van der Waals surface area (Å²) in [5, 5.41) is 3.21. The molecule has 0 atom stereocenters. The minimum atomic E-state index is 0.114. The molecule has 2 heterocycles. The van der Waals surface area contributed by atoms with E-state index in [0.717, 1.165) is 26.2 Å². The van der Waals surface area contributed by atoms with Gasteiger partial charge >= 0.3 is 0 Å². The first kappa shape index (κ1) is 10.0. The maximum absolute atomic E-state index is 11.8. The van der Waals surface area contributed by atoms with Crippen molar-refractivity contribution in [3.05, 3.63) is 24.3 Å². The maximum atomic E-state index is 11.8. The van der Waals surface area contributed by atoms with Gasteiger partial charge in [0.25, 0.3) is 0 Å². The van der Waals surface area contributed by atoms with Gasteiger partial charge in [0.15, 0.2) is 0 Å².